The van der Waals surface area contributed by atoms with Crippen LogP contribution >= 0.6 is 23.5 Å². The number of hydrogen-bond acceptors (Lipinski definition) is 6. The van der Waals surface area contributed by atoms with Crippen LogP contribution in [0.1, 0.15) is 143 Å². The fourth-order valence-corrected chi connectivity index (χ4v) is 7.42. The molecular formula is C33H64O4S2. The molecule has 0 aromatic carbocycles. The van der Waals surface area contributed by atoms with Gasteiger partial charge in [0.25, 0.3) is 0 Å². The summed E-state index contributed by atoms with van der Waals surface area (Å²) in [7, 11) is 0. The Balaban J connectivity index is 1.44. The normalized spacial score (nSPS) is 25.2. The van der Waals surface area contributed by atoms with Crippen LogP contribution in [0.25, 0.3) is 0 Å². The van der Waals surface area contributed by atoms with E-state index < -0.39 is 0 Å². The van der Waals surface area contributed by atoms with Gasteiger partial charge in [-0.2, -0.15) is 23.5 Å². The minimum Gasteiger partial charge on any atom is -0.351 e. The third-order valence-corrected chi connectivity index (χ3v) is 10.8. The first-order chi connectivity index (χ1) is 19.1. The van der Waals surface area contributed by atoms with Crippen LogP contribution in [0, 0.1) is 5.41 Å². The summed E-state index contributed by atoms with van der Waals surface area (Å²) in [5, 5.41) is 1.34. The van der Waals surface area contributed by atoms with Crippen molar-refractivity contribution in [1.82, 2.24) is 0 Å². The van der Waals surface area contributed by atoms with Crippen molar-refractivity contribution in [2.45, 2.75) is 166 Å². The second kappa shape index (κ2) is 23.1. The van der Waals surface area contributed by atoms with Crippen molar-refractivity contribution in [3.05, 3.63) is 0 Å². The molecule has 232 valence electrons. The molecule has 2 fully saturated rings. The summed E-state index contributed by atoms with van der Waals surface area (Å²) in [6.07, 6.45) is 24.7. The topological polar surface area (TPSA) is 36.9 Å². The van der Waals surface area contributed by atoms with Gasteiger partial charge in [0, 0.05) is 22.0 Å². The molecule has 0 N–H and O–H groups in total. The van der Waals surface area contributed by atoms with Gasteiger partial charge in [0.15, 0.2) is 12.6 Å². The third-order valence-electron chi connectivity index (χ3n) is 8.26. The molecule has 2 rings (SSSR count). The lowest BCUT2D eigenvalue weighted by atomic mass is 9.91. The second-order valence-electron chi connectivity index (χ2n) is 12.4. The predicted octanol–water partition coefficient (Wildman–Crippen LogP) is 10.0. The summed E-state index contributed by atoms with van der Waals surface area (Å²) in [5.74, 6) is 1.85. The van der Waals surface area contributed by atoms with Crippen LogP contribution in [-0.2, 0) is 18.9 Å². The van der Waals surface area contributed by atoms with Crippen LogP contribution in [0.15, 0.2) is 0 Å². The highest BCUT2D eigenvalue weighted by Crippen LogP contribution is 2.33. The molecule has 2 atom stereocenters. The third kappa shape index (κ3) is 17.3. The Hall–Kier alpha value is 0.540. The molecule has 4 nitrogen and oxygen atoms in total. The molecule has 0 radical (unpaired) electrons. The summed E-state index contributed by atoms with van der Waals surface area (Å²) in [6, 6.07) is 0. The first-order valence-electron chi connectivity index (χ1n) is 16.8. The number of ether oxygens (including phenoxy) is 4. The molecule has 2 saturated heterocycles. The van der Waals surface area contributed by atoms with E-state index in [1.54, 1.807) is 0 Å². The van der Waals surface area contributed by atoms with Gasteiger partial charge in [0.2, 0.25) is 0 Å². The highest BCUT2D eigenvalue weighted by Gasteiger charge is 2.42. The summed E-state index contributed by atoms with van der Waals surface area (Å²) < 4.78 is 24.5. The van der Waals surface area contributed by atoms with E-state index in [4.69, 9.17) is 18.9 Å². The van der Waals surface area contributed by atoms with Gasteiger partial charge < -0.3 is 18.9 Å². The van der Waals surface area contributed by atoms with Gasteiger partial charge in [-0.15, -0.1) is 0 Å². The van der Waals surface area contributed by atoms with Crippen molar-refractivity contribution in [1.29, 1.82) is 0 Å². The molecular weight excluding hydrogens is 524 g/mol. The molecule has 0 bridgehead atoms. The predicted molar refractivity (Wildman–Crippen MR) is 172 cm³/mol. The summed E-state index contributed by atoms with van der Waals surface area (Å²) in [5.41, 5.74) is -0.131. The van der Waals surface area contributed by atoms with E-state index in [1.165, 1.54) is 116 Å². The molecule has 2 unspecified atom stereocenters. The lowest BCUT2D eigenvalue weighted by molar-refractivity contribution is -0.292. The van der Waals surface area contributed by atoms with Crippen molar-refractivity contribution in [3.8, 4) is 0 Å². The maximum Gasteiger partial charge on any atom is 0.166 e. The van der Waals surface area contributed by atoms with Crippen LogP contribution < -0.4 is 0 Å². The zero-order valence-electron chi connectivity index (χ0n) is 26.2. The fraction of sp³-hybridized carbons (Fsp3) is 1.00. The molecule has 2 aliphatic rings. The van der Waals surface area contributed by atoms with E-state index in [0.29, 0.717) is 36.9 Å². The Kier molecular flexibility index (Phi) is 21.1. The largest absolute Gasteiger partial charge is 0.351 e. The Bertz CT molecular complexity index is 496. The highest BCUT2D eigenvalue weighted by atomic mass is 32.2. The average molecular weight is 589 g/mol. The average Bonchev–Trinajstić information content (AvgIpc) is 2.95. The van der Waals surface area contributed by atoms with Crippen molar-refractivity contribution >= 4 is 23.5 Å². The van der Waals surface area contributed by atoms with Gasteiger partial charge in [-0.1, -0.05) is 130 Å². The molecule has 0 saturated carbocycles. The Labute approximate surface area is 251 Å². The Morgan fingerprint density at radius 2 is 0.821 bits per heavy atom. The SMILES string of the molecule is CCCCCCCCCCC(C)SCC1OCC2(CO1)COC(CSC(C)CCCCCCCCCC)OC2. The molecule has 0 amide bonds. The summed E-state index contributed by atoms with van der Waals surface area (Å²) in [4.78, 5) is 0. The van der Waals surface area contributed by atoms with Gasteiger partial charge in [0.1, 0.15) is 0 Å². The number of hydrogen-bond donors (Lipinski definition) is 0. The first-order valence-corrected chi connectivity index (χ1v) is 18.9. The lowest BCUT2D eigenvalue weighted by Crippen LogP contribution is -2.53. The zero-order chi connectivity index (χ0) is 28.0. The van der Waals surface area contributed by atoms with Crippen molar-refractivity contribution in [2.24, 2.45) is 5.41 Å². The van der Waals surface area contributed by atoms with Crippen LogP contribution in [0.3, 0.4) is 0 Å². The van der Waals surface area contributed by atoms with Gasteiger partial charge in [-0.3, -0.25) is 0 Å². The number of rotatable bonds is 24. The number of thioether (sulfide) groups is 2. The van der Waals surface area contributed by atoms with E-state index >= 15 is 0 Å². The molecule has 0 aromatic heterocycles. The zero-order valence-corrected chi connectivity index (χ0v) is 27.9. The minimum atomic E-state index is -0.131. The van der Waals surface area contributed by atoms with Crippen molar-refractivity contribution < 1.29 is 18.9 Å². The maximum atomic E-state index is 6.13. The van der Waals surface area contributed by atoms with Crippen LogP contribution in [-0.4, -0.2) is 61.0 Å². The molecule has 0 aliphatic carbocycles. The second-order valence-corrected chi connectivity index (χ2v) is 15.4. The van der Waals surface area contributed by atoms with Crippen LogP contribution in [0.4, 0.5) is 0 Å². The van der Waals surface area contributed by atoms with Crippen molar-refractivity contribution in [2.75, 3.05) is 37.9 Å². The highest BCUT2D eigenvalue weighted by molar-refractivity contribution is 8.00. The Morgan fingerprint density at radius 3 is 1.15 bits per heavy atom. The smallest absolute Gasteiger partial charge is 0.166 e. The van der Waals surface area contributed by atoms with Gasteiger partial charge in [-0.05, 0) is 12.8 Å². The molecule has 0 aromatic rings. The van der Waals surface area contributed by atoms with Gasteiger partial charge in [0.05, 0.1) is 31.8 Å². The molecule has 2 heterocycles. The van der Waals surface area contributed by atoms with Gasteiger partial charge in [-0.25, -0.2) is 0 Å². The summed E-state index contributed by atoms with van der Waals surface area (Å²) >= 11 is 4.00. The van der Waals surface area contributed by atoms with Crippen LogP contribution in [0.2, 0.25) is 0 Å². The number of unbranched alkanes of at least 4 members (excludes halogenated alkanes) is 14. The maximum absolute atomic E-state index is 6.13. The quantitative estimate of drug-likeness (QED) is 0.104. The van der Waals surface area contributed by atoms with E-state index in [9.17, 15) is 0 Å². The van der Waals surface area contributed by atoms with E-state index in [2.05, 4.69) is 27.7 Å². The monoisotopic (exact) mass is 588 g/mol. The Morgan fingerprint density at radius 1 is 0.513 bits per heavy atom. The van der Waals surface area contributed by atoms with E-state index in [0.717, 1.165) is 11.5 Å². The molecule has 2 aliphatic heterocycles. The van der Waals surface area contributed by atoms with Crippen molar-refractivity contribution in [3.63, 3.8) is 0 Å². The van der Waals surface area contributed by atoms with Crippen LogP contribution in [0.5, 0.6) is 0 Å². The first kappa shape index (κ1) is 35.7. The standard InChI is InChI=1S/C33H64O4S2/c1-5-7-9-11-13-15-17-19-21-29(3)38-23-31-34-25-33(26-35-31)27-36-32(37-28-33)24-39-30(4)22-20-18-16-14-12-10-8-6-2/h29-32H,5-28H2,1-4H3. The van der Waals surface area contributed by atoms with E-state index in [1.807, 2.05) is 23.5 Å². The van der Waals surface area contributed by atoms with Gasteiger partial charge >= 0.3 is 0 Å². The molecule has 1 spiro atoms. The fourth-order valence-electron chi connectivity index (χ4n) is 5.40. The molecule has 6 heteroatoms. The van der Waals surface area contributed by atoms with E-state index in [-0.39, 0.29) is 18.0 Å². The lowest BCUT2D eigenvalue weighted by Gasteiger charge is -2.43. The summed E-state index contributed by atoms with van der Waals surface area (Å²) in [6.45, 7) is 12.0. The minimum absolute atomic E-state index is 0.0906. The molecule has 39 heavy (non-hydrogen) atoms.